The summed E-state index contributed by atoms with van der Waals surface area (Å²) in [6, 6.07) is 7.62. The third kappa shape index (κ3) is 1.98. The molecule has 0 bridgehead atoms. The van der Waals surface area contributed by atoms with Gasteiger partial charge in [0.2, 0.25) is 4.96 Å². The predicted molar refractivity (Wildman–Crippen MR) is 70.0 cm³/mol. The van der Waals surface area contributed by atoms with Gasteiger partial charge in [0.25, 0.3) is 5.91 Å². The molecule has 18 heavy (non-hydrogen) atoms. The maximum Gasteiger partial charge on any atom is 0.275 e. The van der Waals surface area contributed by atoms with Crippen LogP contribution in [0, 0.1) is 6.92 Å². The van der Waals surface area contributed by atoms with Crippen LogP contribution in [0.5, 0.6) is 0 Å². The number of hydrogen-bond acceptors (Lipinski definition) is 4. The number of anilines is 1. The normalized spacial score (nSPS) is 10.7. The summed E-state index contributed by atoms with van der Waals surface area (Å²) in [5.74, 6) is -0.225. The molecule has 0 unspecified atom stereocenters. The van der Waals surface area contributed by atoms with Crippen LogP contribution in [0.1, 0.15) is 16.1 Å². The van der Waals surface area contributed by atoms with Gasteiger partial charge >= 0.3 is 0 Å². The minimum absolute atomic E-state index is 0.225. The summed E-state index contributed by atoms with van der Waals surface area (Å²) < 4.78 is 1.59. The third-order valence-electron chi connectivity index (χ3n) is 2.53. The highest BCUT2D eigenvalue weighted by molar-refractivity contribution is 7.14. The number of hydrogen-bond donors (Lipinski definition) is 1. The number of carbonyl (C=O) groups is 1. The Morgan fingerprint density at radius 3 is 2.83 bits per heavy atom. The third-order valence-corrected chi connectivity index (χ3v) is 3.22. The fourth-order valence-electron chi connectivity index (χ4n) is 1.58. The zero-order valence-electron chi connectivity index (χ0n) is 9.62. The maximum absolute atomic E-state index is 12.0. The number of rotatable bonds is 2. The van der Waals surface area contributed by atoms with E-state index in [-0.39, 0.29) is 5.91 Å². The molecule has 0 saturated heterocycles. The van der Waals surface area contributed by atoms with Crippen molar-refractivity contribution in [3.8, 4) is 0 Å². The van der Waals surface area contributed by atoms with Gasteiger partial charge in [-0.3, -0.25) is 4.79 Å². The molecule has 0 aliphatic rings. The average Bonchev–Trinajstić information content (AvgIpc) is 2.92. The molecular weight excluding hydrogens is 248 g/mol. The Kier molecular flexibility index (Phi) is 2.56. The highest BCUT2D eigenvalue weighted by Gasteiger charge is 2.11. The first-order valence-corrected chi connectivity index (χ1v) is 6.27. The highest BCUT2D eigenvalue weighted by Crippen LogP contribution is 2.12. The molecule has 1 N–H and O–H groups in total. The van der Waals surface area contributed by atoms with Gasteiger partial charge in [0.05, 0.1) is 6.20 Å². The molecular formula is C12H10N4OS. The summed E-state index contributed by atoms with van der Waals surface area (Å²) in [5.41, 5.74) is 3.97. The lowest BCUT2D eigenvalue weighted by atomic mass is 10.2. The monoisotopic (exact) mass is 258 g/mol. The minimum Gasteiger partial charge on any atom is -0.321 e. The quantitative estimate of drug-likeness (QED) is 0.767. The van der Waals surface area contributed by atoms with Gasteiger partial charge in [-0.2, -0.15) is 5.10 Å². The van der Waals surface area contributed by atoms with Crippen LogP contribution in [-0.2, 0) is 0 Å². The van der Waals surface area contributed by atoms with Crippen LogP contribution in [0.2, 0.25) is 0 Å². The molecule has 6 heteroatoms. The SMILES string of the molecule is Cc1ccc(NC(=O)c2cn3ncsc3n2)cc1. The highest BCUT2D eigenvalue weighted by atomic mass is 32.1. The number of aromatic nitrogens is 3. The van der Waals surface area contributed by atoms with Crippen molar-refractivity contribution >= 4 is 27.9 Å². The topological polar surface area (TPSA) is 59.3 Å². The lowest BCUT2D eigenvalue weighted by Gasteiger charge is -2.02. The zero-order chi connectivity index (χ0) is 12.5. The molecule has 0 saturated carbocycles. The Balaban J connectivity index is 1.82. The van der Waals surface area contributed by atoms with E-state index in [1.807, 2.05) is 31.2 Å². The zero-order valence-corrected chi connectivity index (χ0v) is 10.4. The van der Waals surface area contributed by atoms with E-state index < -0.39 is 0 Å². The Morgan fingerprint density at radius 1 is 1.33 bits per heavy atom. The number of fused-ring (bicyclic) bond motifs is 1. The summed E-state index contributed by atoms with van der Waals surface area (Å²) in [5, 5.41) is 6.83. The molecule has 0 radical (unpaired) electrons. The summed E-state index contributed by atoms with van der Waals surface area (Å²) in [4.78, 5) is 16.9. The van der Waals surface area contributed by atoms with Gasteiger partial charge in [0.15, 0.2) is 0 Å². The molecule has 5 nitrogen and oxygen atoms in total. The van der Waals surface area contributed by atoms with Crippen molar-refractivity contribution in [2.45, 2.75) is 6.92 Å². The molecule has 1 aromatic carbocycles. The van der Waals surface area contributed by atoms with Crippen molar-refractivity contribution < 1.29 is 4.79 Å². The molecule has 0 atom stereocenters. The molecule has 3 rings (SSSR count). The molecule has 2 aromatic heterocycles. The van der Waals surface area contributed by atoms with Crippen LogP contribution in [0.4, 0.5) is 5.69 Å². The number of aryl methyl sites for hydroxylation is 1. The number of nitrogens with zero attached hydrogens (tertiary/aromatic N) is 3. The number of nitrogens with one attached hydrogen (secondary N) is 1. The van der Waals surface area contributed by atoms with Crippen LogP contribution in [-0.4, -0.2) is 20.5 Å². The lowest BCUT2D eigenvalue weighted by Crippen LogP contribution is -2.12. The van der Waals surface area contributed by atoms with E-state index in [9.17, 15) is 4.79 Å². The second-order valence-electron chi connectivity index (χ2n) is 3.91. The van der Waals surface area contributed by atoms with Gasteiger partial charge in [-0.1, -0.05) is 29.0 Å². The lowest BCUT2D eigenvalue weighted by molar-refractivity contribution is 0.102. The van der Waals surface area contributed by atoms with Gasteiger partial charge in [0, 0.05) is 5.69 Å². The van der Waals surface area contributed by atoms with Crippen LogP contribution in [0.25, 0.3) is 4.96 Å². The van der Waals surface area contributed by atoms with Gasteiger partial charge in [-0.25, -0.2) is 9.50 Å². The molecule has 0 aliphatic heterocycles. The first-order chi connectivity index (χ1) is 8.72. The van der Waals surface area contributed by atoms with Crippen LogP contribution >= 0.6 is 11.3 Å². The molecule has 3 aromatic rings. The Bertz CT molecular complexity index is 670. The Labute approximate surface area is 107 Å². The fourth-order valence-corrected chi connectivity index (χ4v) is 2.18. The molecule has 0 aliphatic carbocycles. The van der Waals surface area contributed by atoms with E-state index in [4.69, 9.17) is 0 Å². The van der Waals surface area contributed by atoms with E-state index in [0.29, 0.717) is 10.7 Å². The first kappa shape index (κ1) is 10.9. The van der Waals surface area contributed by atoms with Crippen LogP contribution in [0.15, 0.2) is 36.0 Å². The molecule has 90 valence electrons. The van der Waals surface area contributed by atoms with Crippen molar-refractivity contribution in [1.82, 2.24) is 14.6 Å². The first-order valence-electron chi connectivity index (χ1n) is 5.39. The summed E-state index contributed by atoms with van der Waals surface area (Å²) in [7, 11) is 0. The van der Waals surface area contributed by atoms with Crippen molar-refractivity contribution in [1.29, 1.82) is 0 Å². The van der Waals surface area contributed by atoms with Crippen molar-refractivity contribution in [2.24, 2.45) is 0 Å². The standard InChI is InChI=1S/C12H10N4OS/c1-8-2-4-9(5-3-8)14-11(17)10-6-16-12(15-10)18-7-13-16/h2-7H,1H3,(H,14,17). The van der Waals surface area contributed by atoms with Crippen LogP contribution < -0.4 is 5.32 Å². The summed E-state index contributed by atoms with van der Waals surface area (Å²) in [6.45, 7) is 2.00. The Morgan fingerprint density at radius 2 is 2.11 bits per heavy atom. The number of benzene rings is 1. The Hall–Kier alpha value is -2.21. The van der Waals surface area contributed by atoms with E-state index in [1.165, 1.54) is 11.3 Å². The summed E-state index contributed by atoms with van der Waals surface area (Å²) in [6.07, 6.45) is 1.62. The second kappa shape index (κ2) is 4.23. The largest absolute Gasteiger partial charge is 0.321 e. The number of carbonyl (C=O) groups excluding carboxylic acids is 1. The molecule has 2 heterocycles. The van der Waals surface area contributed by atoms with Crippen LogP contribution in [0.3, 0.4) is 0 Å². The molecule has 1 amide bonds. The van der Waals surface area contributed by atoms with Crippen molar-refractivity contribution in [3.63, 3.8) is 0 Å². The minimum atomic E-state index is -0.225. The summed E-state index contributed by atoms with van der Waals surface area (Å²) >= 11 is 1.39. The second-order valence-corrected chi connectivity index (χ2v) is 4.72. The predicted octanol–water partition coefficient (Wildman–Crippen LogP) is 2.35. The number of amides is 1. The van der Waals surface area contributed by atoms with Gasteiger partial charge in [-0.15, -0.1) is 0 Å². The van der Waals surface area contributed by atoms with E-state index in [0.717, 1.165) is 11.3 Å². The maximum atomic E-state index is 12.0. The molecule has 0 spiro atoms. The van der Waals surface area contributed by atoms with E-state index in [1.54, 1.807) is 16.2 Å². The van der Waals surface area contributed by atoms with Crippen molar-refractivity contribution in [2.75, 3.05) is 5.32 Å². The molecule has 0 fully saturated rings. The van der Waals surface area contributed by atoms with Crippen molar-refractivity contribution in [3.05, 3.63) is 47.2 Å². The number of imidazole rings is 1. The van der Waals surface area contributed by atoms with Gasteiger partial charge < -0.3 is 5.32 Å². The van der Waals surface area contributed by atoms with E-state index >= 15 is 0 Å². The van der Waals surface area contributed by atoms with Gasteiger partial charge in [0.1, 0.15) is 11.2 Å². The van der Waals surface area contributed by atoms with E-state index in [2.05, 4.69) is 15.4 Å². The van der Waals surface area contributed by atoms with Gasteiger partial charge in [-0.05, 0) is 19.1 Å². The smallest absolute Gasteiger partial charge is 0.275 e. The average molecular weight is 258 g/mol. The fraction of sp³-hybridized carbons (Fsp3) is 0.0833.